The highest BCUT2D eigenvalue weighted by Gasteiger charge is 2.25. The van der Waals surface area contributed by atoms with Gasteiger partial charge < -0.3 is 23.8 Å². The van der Waals surface area contributed by atoms with Gasteiger partial charge in [-0.15, -0.1) is 0 Å². The van der Waals surface area contributed by atoms with Crippen LogP contribution in [-0.2, 0) is 4.84 Å². The average Bonchev–Trinajstić information content (AvgIpc) is 2.82. The Hall–Kier alpha value is -4.13. The molecule has 2 N–H and O–H groups in total. The number of nitrogens with zero attached hydrogens (tertiary/aromatic N) is 2. The standard InChI is InChI=1S/C20H23N3O10/c1-29-16-7-6-13(22(25)26)10-18(16)31-8-4-3-5-9-32-19-12-15(23(27)28)14(20(24)33-21)11-17(19)30-2/h6-7,10-12H,3-5,8-9,21H2,1-2H3. The summed E-state index contributed by atoms with van der Waals surface area (Å²) in [5.74, 6) is 4.62. The second kappa shape index (κ2) is 12.0. The van der Waals surface area contributed by atoms with Crippen molar-refractivity contribution in [3.63, 3.8) is 0 Å². The zero-order chi connectivity index (χ0) is 24.4. The molecule has 0 unspecified atom stereocenters. The number of hydrogen-bond acceptors (Lipinski definition) is 11. The quantitative estimate of drug-likeness (QED) is 0.261. The Balaban J connectivity index is 1.89. The van der Waals surface area contributed by atoms with Crippen LogP contribution in [0.5, 0.6) is 23.0 Å². The first-order valence-corrected chi connectivity index (χ1v) is 9.67. The smallest absolute Gasteiger partial charge is 0.363 e. The average molecular weight is 465 g/mol. The van der Waals surface area contributed by atoms with Gasteiger partial charge in [-0.1, -0.05) is 0 Å². The Labute approximate surface area is 188 Å². The van der Waals surface area contributed by atoms with E-state index < -0.39 is 21.5 Å². The number of carbonyl (C=O) groups excluding carboxylic acids is 1. The lowest BCUT2D eigenvalue weighted by Gasteiger charge is -2.12. The van der Waals surface area contributed by atoms with Gasteiger partial charge in [-0.05, 0) is 25.3 Å². The van der Waals surface area contributed by atoms with Gasteiger partial charge in [0.2, 0.25) is 0 Å². The number of benzene rings is 2. The fourth-order valence-corrected chi connectivity index (χ4v) is 2.84. The topological polar surface area (TPSA) is 176 Å². The summed E-state index contributed by atoms with van der Waals surface area (Å²) in [7, 11) is 2.76. The van der Waals surface area contributed by atoms with E-state index in [9.17, 15) is 25.0 Å². The number of ether oxygens (including phenoxy) is 4. The lowest BCUT2D eigenvalue weighted by atomic mass is 10.1. The zero-order valence-electron chi connectivity index (χ0n) is 18.0. The van der Waals surface area contributed by atoms with Crippen molar-refractivity contribution in [3.8, 4) is 23.0 Å². The molecule has 13 heteroatoms. The van der Waals surface area contributed by atoms with Gasteiger partial charge in [0.25, 0.3) is 11.4 Å². The highest BCUT2D eigenvalue weighted by molar-refractivity contribution is 5.94. The molecule has 178 valence electrons. The Kier molecular flexibility index (Phi) is 9.17. The Morgan fingerprint density at radius 2 is 1.45 bits per heavy atom. The third kappa shape index (κ3) is 6.67. The lowest BCUT2D eigenvalue weighted by Crippen LogP contribution is -2.13. The number of hydrogen-bond donors (Lipinski definition) is 1. The molecule has 0 amide bonds. The summed E-state index contributed by atoms with van der Waals surface area (Å²) >= 11 is 0. The van der Waals surface area contributed by atoms with Crippen LogP contribution in [0.4, 0.5) is 11.4 Å². The number of methoxy groups -OCH3 is 2. The molecule has 0 saturated carbocycles. The van der Waals surface area contributed by atoms with Crippen molar-refractivity contribution in [2.75, 3.05) is 27.4 Å². The fourth-order valence-electron chi connectivity index (χ4n) is 2.84. The summed E-state index contributed by atoms with van der Waals surface area (Å²) in [4.78, 5) is 36.6. The van der Waals surface area contributed by atoms with E-state index in [-0.39, 0.29) is 35.1 Å². The third-order valence-corrected chi connectivity index (χ3v) is 4.47. The molecule has 2 aromatic carbocycles. The molecule has 0 aromatic heterocycles. The third-order valence-electron chi connectivity index (χ3n) is 4.47. The van der Waals surface area contributed by atoms with Crippen molar-refractivity contribution in [1.29, 1.82) is 0 Å². The maximum Gasteiger partial charge on any atom is 0.363 e. The minimum atomic E-state index is -1.08. The van der Waals surface area contributed by atoms with Gasteiger partial charge >= 0.3 is 5.97 Å². The summed E-state index contributed by atoms with van der Waals surface area (Å²) in [6.45, 7) is 0.510. The minimum absolute atomic E-state index is 0.0929. The van der Waals surface area contributed by atoms with E-state index in [0.29, 0.717) is 31.6 Å². The SMILES string of the molecule is COc1ccc([N+](=O)[O-])cc1OCCCCCOc1cc([N+](=O)[O-])c(C(=O)ON)cc1OC. The van der Waals surface area contributed by atoms with Gasteiger partial charge in [0.1, 0.15) is 5.56 Å². The van der Waals surface area contributed by atoms with Crippen LogP contribution < -0.4 is 24.8 Å². The number of non-ortho nitro benzene ring substituents is 1. The van der Waals surface area contributed by atoms with Crippen LogP contribution in [-0.4, -0.2) is 43.2 Å². The Bertz CT molecular complexity index is 1010. The van der Waals surface area contributed by atoms with E-state index in [1.54, 1.807) is 0 Å². The number of rotatable bonds is 13. The highest BCUT2D eigenvalue weighted by Crippen LogP contribution is 2.35. The van der Waals surface area contributed by atoms with Crippen LogP contribution >= 0.6 is 0 Å². The first kappa shape index (κ1) is 25.1. The highest BCUT2D eigenvalue weighted by atomic mass is 16.7. The van der Waals surface area contributed by atoms with Crippen LogP contribution in [0, 0.1) is 20.2 Å². The predicted octanol–water partition coefficient (Wildman–Crippen LogP) is 3.18. The molecule has 13 nitrogen and oxygen atoms in total. The molecule has 0 aliphatic heterocycles. The molecule has 0 fully saturated rings. The van der Waals surface area contributed by atoms with Crippen molar-refractivity contribution in [1.82, 2.24) is 0 Å². The minimum Gasteiger partial charge on any atom is -0.493 e. The summed E-state index contributed by atoms with van der Waals surface area (Å²) in [6, 6.07) is 6.29. The molecule has 0 atom stereocenters. The van der Waals surface area contributed by atoms with Gasteiger partial charge in [-0.25, -0.2) is 4.79 Å². The summed E-state index contributed by atoms with van der Waals surface area (Å²) in [5, 5.41) is 22.2. The maximum absolute atomic E-state index is 11.7. The fraction of sp³-hybridized carbons (Fsp3) is 0.350. The van der Waals surface area contributed by atoms with E-state index >= 15 is 0 Å². The van der Waals surface area contributed by atoms with Gasteiger partial charge in [0.15, 0.2) is 23.0 Å². The van der Waals surface area contributed by atoms with Gasteiger partial charge in [-0.3, -0.25) is 20.2 Å². The normalized spacial score (nSPS) is 10.3. The molecule has 2 rings (SSSR count). The second-order valence-corrected chi connectivity index (χ2v) is 6.53. The molecule has 0 aliphatic rings. The molecule has 2 aromatic rings. The molecule has 0 radical (unpaired) electrons. The number of nitro groups is 2. The molecule has 0 saturated heterocycles. The lowest BCUT2D eigenvalue weighted by molar-refractivity contribution is -0.385. The van der Waals surface area contributed by atoms with E-state index in [0.717, 1.165) is 12.1 Å². The van der Waals surface area contributed by atoms with Crippen LogP contribution in [0.15, 0.2) is 30.3 Å². The van der Waals surface area contributed by atoms with E-state index in [1.807, 2.05) is 0 Å². The molecular formula is C20H23N3O10. The first-order valence-electron chi connectivity index (χ1n) is 9.67. The summed E-state index contributed by atoms with van der Waals surface area (Å²) in [6.07, 6.45) is 1.88. The van der Waals surface area contributed by atoms with Crippen molar-refractivity contribution in [2.45, 2.75) is 19.3 Å². The van der Waals surface area contributed by atoms with E-state index in [1.165, 1.54) is 32.4 Å². The molecule has 0 bridgehead atoms. The van der Waals surface area contributed by atoms with Crippen LogP contribution in [0.3, 0.4) is 0 Å². The maximum atomic E-state index is 11.7. The van der Waals surface area contributed by atoms with Crippen LogP contribution in [0.1, 0.15) is 29.6 Å². The zero-order valence-corrected chi connectivity index (χ0v) is 18.0. The predicted molar refractivity (Wildman–Crippen MR) is 114 cm³/mol. The van der Waals surface area contributed by atoms with E-state index in [4.69, 9.17) is 24.8 Å². The molecular weight excluding hydrogens is 442 g/mol. The second-order valence-electron chi connectivity index (χ2n) is 6.53. The van der Waals surface area contributed by atoms with Crippen LogP contribution in [0.25, 0.3) is 0 Å². The molecule has 0 spiro atoms. The van der Waals surface area contributed by atoms with Crippen molar-refractivity contribution in [3.05, 3.63) is 56.1 Å². The molecule has 0 heterocycles. The molecule has 0 aliphatic carbocycles. The number of nitrogens with two attached hydrogens (primary N) is 1. The van der Waals surface area contributed by atoms with Gasteiger partial charge in [0.05, 0.1) is 49.4 Å². The van der Waals surface area contributed by atoms with Gasteiger partial charge in [0, 0.05) is 12.1 Å². The van der Waals surface area contributed by atoms with Crippen molar-refractivity contribution >= 4 is 17.3 Å². The molecule has 33 heavy (non-hydrogen) atoms. The summed E-state index contributed by atoms with van der Waals surface area (Å²) < 4.78 is 21.4. The van der Waals surface area contributed by atoms with E-state index in [2.05, 4.69) is 4.84 Å². The van der Waals surface area contributed by atoms with Gasteiger partial charge in [-0.2, -0.15) is 5.90 Å². The van der Waals surface area contributed by atoms with Crippen LogP contribution in [0.2, 0.25) is 0 Å². The monoisotopic (exact) mass is 465 g/mol. The number of unbranched alkanes of at least 4 members (excludes halogenated alkanes) is 2. The number of nitro benzene ring substituents is 2. The first-order chi connectivity index (χ1) is 15.8. The van der Waals surface area contributed by atoms with Crippen molar-refractivity contribution in [2.24, 2.45) is 5.90 Å². The van der Waals surface area contributed by atoms with Crippen molar-refractivity contribution < 1.29 is 38.4 Å². The largest absolute Gasteiger partial charge is 0.493 e. The number of carbonyl (C=O) groups is 1. The summed E-state index contributed by atoms with van der Waals surface area (Å²) in [5.41, 5.74) is -0.992. The Morgan fingerprint density at radius 1 is 0.848 bits per heavy atom. The Morgan fingerprint density at radius 3 is 1.97 bits per heavy atom.